The van der Waals surface area contributed by atoms with E-state index in [4.69, 9.17) is 10.5 Å². The molecule has 0 aromatic rings. The van der Waals surface area contributed by atoms with Crippen molar-refractivity contribution < 1.29 is 9.53 Å². The number of carbonyl (C=O) groups is 1. The topological polar surface area (TPSA) is 55.6 Å². The third kappa shape index (κ3) is 2.12. The number of likely N-dealkylation sites (tertiary alicyclic amines) is 1. The summed E-state index contributed by atoms with van der Waals surface area (Å²) in [6.07, 6.45) is 1.72. The molecule has 1 aliphatic rings. The molecule has 76 valence electrons. The zero-order valence-electron chi connectivity index (χ0n) is 8.54. The highest BCUT2D eigenvalue weighted by molar-refractivity contribution is 5.68. The number of rotatable bonds is 1. The van der Waals surface area contributed by atoms with Crippen molar-refractivity contribution in [3.63, 3.8) is 0 Å². The van der Waals surface area contributed by atoms with Crippen LogP contribution >= 0.6 is 0 Å². The van der Waals surface area contributed by atoms with Gasteiger partial charge >= 0.3 is 6.09 Å². The lowest BCUT2D eigenvalue weighted by atomic mass is 9.94. The van der Waals surface area contributed by atoms with Gasteiger partial charge in [-0.15, -0.1) is 0 Å². The van der Waals surface area contributed by atoms with E-state index in [0.717, 1.165) is 19.4 Å². The van der Waals surface area contributed by atoms with E-state index in [1.807, 2.05) is 13.8 Å². The van der Waals surface area contributed by atoms with Crippen LogP contribution in [-0.2, 0) is 4.74 Å². The van der Waals surface area contributed by atoms with Crippen LogP contribution in [0.5, 0.6) is 0 Å². The Morgan fingerprint density at radius 3 is 2.69 bits per heavy atom. The highest BCUT2D eigenvalue weighted by Gasteiger charge is 2.37. The van der Waals surface area contributed by atoms with Crippen molar-refractivity contribution in [1.29, 1.82) is 0 Å². The molecular weight excluding hydrogens is 168 g/mol. The van der Waals surface area contributed by atoms with Crippen LogP contribution in [0, 0.1) is 0 Å². The molecule has 1 heterocycles. The summed E-state index contributed by atoms with van der Waals surface area (Å²) in [5.41, 5.74) is 5.63. The maximum absolute atomic E-state index is 11.3. The summed E-state index contributed by atoms with van der Waals surface area (Å²) < 4.78 is 4.69. The van der Waals surface area contributed by atoms with Crippen LogP contribution < -0.4 is 5.73 Å². The van der Waals surface area contributed by atoms with Crippen LogP contribution in [0.1, 0.15) is 26.7 Å². The van der Waals surface area contributed by atoms with Gasteiger partial charge in [0.1, 0.15) is 0 Å². The van der Waals surface area contributed by atoms with Crippen molar-refractivity contribution in [2.75, 3.05) is 13.7 Å². The minimum Gasteiger partial charge on any atom is -0.453 e. The molecule has 13 heavy (non-hydrogen) atoms. The number of nitrogens with two attached hydrogens (primary N) is 1. The van der Waals surface area contributed by atoms with Crippen molar-refractivity contribution >= 4 is 6.09 Å². The summed E-state index contributed by atoms with van der Waals surface area (Å²) in [5, 5.41) is 0. The highest BCUT2D eigenvalue weighted by atomic mass is 16.5. The number of hydrogen-bond donors (Lipinski definition) is 1. The molecule has 0 radical (unpaired) electrons. The summed E-state index contributed by atoms with van der Waals surface area (Å²) >= 11 is 0. The quantitative estimate of drug-likeness (QED) is 0.663. The minimum absolute atomic E-state index is 0.111. The zero-order valence-corrected chi connectivity index (χ0v) is 8.54. The van der Waals surface area contributed by atoms with Crippen molar-refractivity contribution in [2.24, 2.45) is 5.73 Å². The second kappa shape index (κ2) is 3.54. The predicted molar refractivity (Wildman–Crippen MR) is 50.4 cm³/mol. The molecule has 1 fully saturated rings. The summed E-state index contributed by atoms with van der Waals surface area (Å²) in [6.45, 7) is 4.65. The Morgan fingerprint density at radius 1 is 1.62 bits per heavy atom. The first-order valence-corrected chi connectivity index (χ1v) is 4.60. The number of hydrogen-bond acceptors (Lipinski definition) is 3. The lowest BCUT2D eigenvalue weighted by Gasteiger charge is -2.33. The van der Waals surface area contributed by atoms with E-state index in [0.29, 0.717) is 0 Å². The smallest absolute Gasteiger partial charge is 0.409 e. The van der Waals surface area contributed by atoms with Gasteiger partial charge in [0.25, 0.3) is 0 Å². The molecule has 0 bridgehead atoms. The summed E-state index contributed by atoms with van der Waals surface area (Å²) in [4.78, 5) is 13.0. The number of ether oxygens (including phenoxy) is 1. The average Bonchev–Trinajstić information content (AvgIpc) is 2.49. The Morgan fingerprint density at radius 2 is 2.23 bits per heavy atom. The zero-order chi connectivity index (χ0) is 10.1. The average molecular weight is 186 g/mol. The first-order chi connectivity index (χ1) is 5.96. The molecule has 1 saturated heterocycles. The SMILES string of the molecule is COC(=O)N1CCC[C@H]1C(C)(C)N. The lowest BCUT2D eigenvalue weighted by molar-refractivity contribution is 0.104. The fourth-order valence-corrected chi connectivity index (χ4v) is 1.88. The molecule has 4 heteroatoms. The van der Waals surface area contributed by atoms with Crippen LogP contribution in [0.15, 0.2) is 0 Å². The van der Waals surface area contributed by atoms with E-state index in [-0.39, 0.29) is 17.7 Å². The van der Waals surface area contributed by atoms with Crippen molar-refractivity contribution in [3.8, 4) is 0 Å². The summed E-state index contributed by atoms with van der Waals surface area (Å²) in [6, 6.07) is 0.111. The Labute approximate surface area is 79.0 Å². The van der Waals surface area contributed by atoms with E-state index in [2.05, 4.69) is 0 Å². The summed E-state index contributed by atoms with van der Waals surface area (Å²) in [7, 11) is 1.40. The monoisotopic (exact) mass is 186 g/mol. The number of nitrogens with zero attached hydrogens (tertiary/aromatic N) is 1. The van der Waals surface area contributed by atoms with E-state index in [1.165, 1.54) is 7.11 Å². The molecule has 0 aliphatic carbocycles. The van der Waals surface area contributed by atoms with Gasteiger partial charge in [0.2, 0.25) is 0 Å². The van der Waals surface area contributed by atoms with Crippen LogP contribution in [0.25, 0.3) is 0 Å². The second-order valence-electron chi connectivity index (χ2n) is 4.14. The van der Waals surface area contributed by atoms with Gasteiger partial charge in [0.15, 0.2) is 0 Å². The highest BCUT2D eigenvalue weighted by Crippen LogP contribution is 2.25. The molecule has 2 N–H and O–H groups in total. The number of amides is 1. The third-order valence-corrected chi connectivity index (χ3v) is 2.52. The number of methoxy groups -OCH3 is 1. The largest absolute Gasteiger partial charge is 0.453 e. The molecule has 1 atom stereocenters. The Hall–Kier alpha value is -0.770. The predicted octanol–water partition coefficient (Wildman–Crippen LogP) is 0.954. The molecule has 1 aliphatic heterocycles. The van der Waals surface area contributed by atoms with E-state index < -0.39 is 0 Å². The molecule has 1 amide bonds. The van der Waals surface area contributed by atoms with Crippen LogP contribution in [0.3, 0.4) is 0 Å². The van der Waals surface area contributed by atoms with Gasteiger partial charge in [-0.25, -0.2) is 4.79 Å². The number of carbonyl (C=O) groups excluding carboxylic acids is 1. The molecule has 0 aromatic heterocycles. The first kappa shape index (κ1) is 10.3. The fourth-order valence-electron chi connectivity index (χ4n) is 1.88. The molecule has 0 saturated carbocycles. The molecule has 1 rings (SSSR count). The molecule has 0 spiro atoms. The molecule has 0 aromatic carbocycles. The maximum Gasteiger partial charge on any atom is 0.409 e. The van der Waals surface area contributed by atoms with Gasteiger partial charge in [0.05, 0.1) is 13.2 Å². The normalized spacial score (nSPS) is 23.4. The molecule has 0 unspecified atom stereocenters. The maximum atomic E-state index is 11.3. The van der Waals surface area contributed by atoms with Crippen LogP contribution in [0.4, 0.5) is 4.79 Å². The van der Waals surface area contributed by atoms with Gasteiger partial charge in [-0.3, -0.25) is 0 Å². The minimum atomic E-state index is -0.343. The van der Waals surface area contributed by atoms with Crippen LogP contribution in [0.2, 0.25) is 0 Å². The standard InChI is InChI=1S/C9H18N2O2/c1-9(2,10)7-5-4-6-11(7)8(12)13-3/h7H,4-6,10H2,1-3H3/t7-/m0/s1. The van der Waals surface area contributed by atoms with Gasteiger partial charge in [-0.1, -0.05) is 0 Å². The van der Waals surface area contributed by atoms with E-state index in [1.54, 1.807) is 4.90 Å². The molecule has 4 nitrogen and oxygen atoms in total. The van der Waals surface area contributed by atoms with Crippen molar-refractivity contribution in [2.45, 2.75) is 38.3 Å². The van der Waals surface area contributed by atoms with E-state index in [9.17, 15) is 4.79 Å². The lowest BCUT2D eigenvalue weighted by Crippen LogP contribution is -2.53. The van der Waals surface area contributed by atoms with Crippen molar-refractivity contribution in [3.05, 3.63) is 0 Å². The van der Waals surface area contributed by atoms with Gasteiger partial charge in [-0.2, -0.15) is 0 Å². The third-order valence-electron chi connectivity index (χ3n) is 2.52. The second-order valence-corrected chi connectivity index (χ2v) is 4.14. The van der Waals surface area contributed by atoms with Gasteiger partial charge in [-0.05, 0) is 26.7 Å². The Balaban J connectivity index is 2.70. The van der Waals surface area contributed by atoms with E-state index >= 15 is 0 Å². The Bertz CT molecular complexity index is 198. The summed E-state index contributed by atoms with van der Waals surface area (Å²) in [5.74, 6) is 0. The Kier molecular flexibility index (Phi) is 2.81. The first-order valence-electron chi connectivity index (χ1n) is 4.60. The van der Waals surface area contributed by atoms with Gasteiger partial charge < -0.3 is 15.4 Å². The van der Waals surface area contributed by atoms with Gasteiger partial charge in [0, 0.05) is 12.1 Å². The fraction of sp³-hybridized carbons (Fsp3) is 0.889. The van der Waals surface area contributed by atoms with Crippen molar-refractivity contribution in [1.82, 2.24) is 4.90 Å². The molecular formula is C9H18N2O2. The van der Waals surface area contributed by atoms with Crippen LogP contribution in [-0.4, -0.2) is 36.2 Å².